The molecule has 2 nitrogen and oxygen atoms in total. The van der Waals surface area contributed by atoms with Gasteiger partial charge in [0, 0.05) is 27.7 Å². The molecule has 0 aliphatic heterocycles. The number of rotatable bonds is 7. The van der Waals surface area contributed by atoms with Crippen LogP contribution in [0.25, 0.3) is 77.2 Å². The summed E-state index contributed by atoms with van der Waals surface area (Å²) in [6.45, 7) is 0. The highest BCUT2D eigenvalue weighted by Crippen LogP contribution is 2.46. The second kappa shape index (κ2) is 13.4. The molecule has 0 saturated heterocycles. The van der Waals surface area contributed by atoms with Crippen LogP contribution in [0.15, 0.2) is 217 Å². The van der Waals surface area contributed by atoms with Crippen molar-refractivity contribution in [1.29, 1.82) is 0 Å². The molecule has 0 aliphatic rings. The maximum absolute atomic E-state index is 6.53. The molecule has 0 amide bonds. The van der Waals surface area contributed by atoms with E-state index in [9.17, 15) is 0 Å². The van der Waals surface area contributed by atoms with Gasteiger partial charge in [-0.05, 0) is 98.2 Å². The van der Waals surface area contributed by atoms with Crippen LogP contribution in [0.1, 0.15) is 0 Å². The van der Waals surface area contributed by atoms with Crippen molar-refractivity contribution in [2.75, 3.05) is 4.90 Å². The molecule has 9 aromatic carbocycles. The van der Waals surface area contributed by atoms with Crippen molar-refractivity contribution in [2.45, 2.75) is 0 Å². The summed E-state index contributed by atoms with van der Waals surface area (Å²) < 4.78 is 6.53. The number of benzene rings is 9. The van der Waals surface area contributed by atoms with Crippen LogP contribution < -0.4 is 4.90 Å². The predicted octanol–water partition coefficient (Wildman–Crippen LogP) is 14.9. The Bertz CT molecular complexity index is 2910. The minimum atomic E-state index is 0.884. The number of hydrogen-bond acceptors (Lipinski definition) is 2. The molecule has 10 aromatic rings. The minimum absolute atomic E-state index is 0.884. The first-order valence-electron chi connectivity index (χ1n) is 18.4. The molecule has 0 spiro atoms. The average molecular weight is 690 g/mol. The van der Waals surface area contributed by atoms with E-state index in [0.717, 1.165) is 50.1 Å². The van der Waals surface area contributed by atoms with E-state index in [4.69, 9.17) is 4.42 Å². The number of nitrogens with zero attached hydrogens (tertiary/aromatic N) is 1. The standard InChI is InChI=1S/C52H35NO/c1-3-13-36(14-4-1)38-25-30-43(31-26-38)53(44-32-27-39(28-33-44)42-19-11-18-41(35-42)37-15-5-2-6-16-37)48-23-10-9-21-46(48)47-22-12-24-49-52(47)51-45-20-8-7-17-40(45)29-34-50(51)54-49/h1-35H. The van der Waals surface area contributed by atoms with E-state index >= 15 is 0 Å². The third-order valence-corrected chi connectivity index (χ3v) is 10.5. The molecule has 0 unspecified atom stereocenters. The highest BCUT2D eigenvalue weighted by molar-refractivity contribution is 6.23. The number of para-hydroxylation sites is 1. The molecule has 0 fully saturated rings. The summed E-state index contributed by atoms with van der Waals surface area (Å²) in [7, 11) is 0. The summed E-state index contributed by atoms with van der Waals surface area (Å²) in [5.74, 6) is 0. The van der Waals surface area contributed by atoms with E-state index in [1.165, 1.54) is 44.2 Å². The van der Waals surface area contributed by atoms with Gasteiger partial charge in [0.2, 0.25) is 0 Å². The summed E-state index contributed by atoms with van der Waals surface area (Å²) in [5.41, 5.74) is 14.5. The van der Waals surface area contributed by atoms with Crippen LogP contribution in [-0.2, 0) is 0 Å². The van der Waals surface area contributed by atoms with Crippen LogP contribution in [0.3, 0.4) is 0 Å². The fraction of sp³-hybridized carbons (Fsp3) is 0. The Labute approximate surface area is 314 Å². The molecule has 54 heavy (non-hydrogen) atoms. The summed E-state index contributed by atoms with van der Waals surface area (Å²) in [4.78, 5) is 2.38. The van der Waals surface area contributed by atoms with Gasteiger partial charge >= 0.3 is 0 Å². The predicted molar refractivity (Wildman–Crippen MR) is 228 cm³/mol. The fourth-order valence-corrected chi connectivity index (χ4v) is 7.88. The van der Waals surface area contributed by atoms with Gasteiger partial charge in [0.15, 0.2) is 0 Å². The molecule has 0 saturated carbocycles. The van der Waals surface area contributed by atoms with E-state index in [2.05, 4.69) is 217 Å². The van der Waals surface area contributed by atoms with Crippen molar-refractivity contribution in [3.63, 3.8) is 0 Å². The summed E-state index contributed by atoms with van der Waals surface area (Å²) in [5, 5.41) is 4.67. The number of fused-ring (bicyclic) bond motifs is 5. The molecule has 0 bridgehead atoms. The molecule has 254 valence electrons. The van der Waals surface area contributed by atoms with Gasteiger partial charge in [-0.3, -0.25) is 0 Å². The van der Waals surface area contributed by atoms with Crippen LogP contribution >= 0.6 is 0 Å². The lowest BCUT2D eigenvalue weighted by Gasteiger charge is -2.28. The molecule has 2 heteroatoms. The van der Waals surface area contributed by atoms with Gasteiger partial charge in [-0.2, -0.15) is 0 Å². The van der Waals surface area contributed by atoms with Crippen molar-refractivity contribution < 1.29 is 4.42 Å². The Balaban J connectivity index is 1.14. The van der Waals surface area contributed by atoms with Crippen molar-refractivity contribution in [3.05, 3.63) is 212 Å². The zero-order chi connectivity index (χ0) is 35.8. The van der Waals surface area contributed by atoms with Crippen molar-refractivity contribution in [3.8, 4) is 44.5 Å². The maximum Gasteiger partial charge on any atom is 0.136 e. The monoisotopic (exact) mass is 689 g/mol. The van der Waals surface area contributed by atoms with E-state index in [1.54, 1.807) is 0 Å². The largest absolute Gasteiger partial charge is 0.456 e. The van der Waals surface area contributed by atoms with Gasteiger partial charge in [-0.25, -0.2) is 0 Å². The number of hydrogen-bond donors (Lipinski definition) is 0. The SMILES string of the molecule is c1ccc(-c2ccc(N(c3ccc(-c4cccc(-c5ccccc5)c4)cc3)c3ccccc3-c3cccc4oc5ccc6ccccc6c5c34)cc2)cc1. The van der Waals surface area contributed by atoms with Crippen LogP contribution in [-0.4, -0.2) is 0 Å². The van der Waals surface area contributed by atoms with Gasteiger partial charge in [0.05, 0.1) is 5.69 Å². The van der Waals surface area contributed by atoms with Crippen LogP contribution in [0, 0.1) is 0 Å². The minimum Gasteiger partial charge on any atom is -0.456 e. The molecular weight excluding hydrogens is 655 g/mol. The summed E-state index contributed by atoms with van der Waals surface area (Å²) in [6.07, 6.45) is 0. The van der Waals surface area contributed by atoms with Crippen molar-refractivity contribution in [2.24, 2.45) is 0 Å². The first kappa shape index (κ1) is 31.6. The quantitative estimate of drug-likeness (QED) is 0.166. The zero-order valence-corrected chi connectivity index (χ0v) is 29.6. The van der Waals surface area contributed by atoms with Gasteiger partial charge < -0.3 is 9.32 Å². The third-order valence-electron chi connectivity index (χ3n) is 10.5. The Hall–Kier alpha value is -7.16. The first-order valence-corrected chi connectivity index (χ1v) is 18.4. The third kappa shape index (κ3) is 5.62. The summed E-state index contributed by atoms with van der Waals surface area (Å²) in [6, 6.07) is 75.8. The van der Waals surface area contributed by atoms with E-state index in [1.807, 2.05) is 0 Å². The fourth-order valence-electron chi connectivity index (χ4n) is 7.88. The molecule has 1 heterocycles. The molecule has 0 radical (unpaired) electrons. The lowest BCUT2D eigenvalue weighted by molar-refractivity contribution is 0.669. The smallest absolute Gasteiger partial charge is 0.136 e. The number of furan rings is 1. The molecule has 10 rings (SSSR count). The Morgan fingerprint density at radius 2 is 0.815 bits per heavy atom. The second-order valence-electron chi connectivity index (χ2n) is 13.7. The average Bonchev–Trinajstić information content (AvgIpc) is 3.65. The van der Waals surface area contributed by atoms with Crippen LogP contribution in [0.5, 0.6) is 0 Å². The Kier molecular flexibility index (Phi) is 7.85. The Morgan fingerprint density at radius 3 is 1.52 bits per heavy atom. The normalized spacial score (nSPS) is 11.3. The molecule has 0 aliphatic carbocycles. The molecular formula is C52H35NO. The van der Waals surface area contributed by atoms with Crippen LogP contribution in [0.2, 0.25) is 0 Å². The maximum atomic E-state index is 6.53. The van der Waals surface area contributed by atoms with E-state index < -0.39 is 0 Å². The van der Waals surface area contributed by atoms with E-state index in [-0.39, 0.29) is 0 Å². The first-order chi connectivity index (χ1) is 26.8. The van der Waals surface area contributed by atoms with Crippen LogP contribution in [0.4, 0.5) is 17.1 Å². The van der Waals surface area contributed by atoms with E-state index in [0.29, 0.717) is 0 Å². The lowest BCUT2D eigenvalue weighted by Crippen LogP contribution is -2.11. The Morgan fingerprint density at radius 1 is 0.315 bits per heavy atom. The van der Waals surface area contributed by atoms with Crippen molar-refractivity contribution >= 4 is 49.8 Å². The highest BCUT2D eigenvalue weighted by Gasteiger charge is 2.21. The van der Waals surface area contributed by atoms with Gasteiger partial charge in [-0.15, -0.1) is 0 Å². The van der Waals surface area contributed by atoms with Crippen molar-refractivity contribution in [1.82, 2.24) is 0 Å². The summed E-state index contributed by atoms with van der Waals surface area (Å²) >= 11 is 0. The topological polar surface area (TPSA) is 16.4 Å². The second-order valence-corrected chi connectivity index (χ2v) is 13.7. The number of anilines is 3. The zero-order valence-electron chi connectivity index (χ0n) is 29.6. The van der Waals surface area contributed by atoms with Gasteiger partial charge in [0.1, 0.15) is 11.2 Å². The lowest BCUT2D eigenvalue weighted by atomic mass is 9.95. The molecule has 0 N–H and O–H groups in total. The molecule has 1 aromatic heterocycles. The molecule has 0 atom stereocenters. The van der Waals surface area contributed by atoms with Gasteiger partial charge in [-0.1, -0.05) is 164 Å². The highest BCUT2D eigenvalue weighted by atomic mass is 16.3. The van der Waals surface area contributed by atoms with Gasteiger partial charge in [0.25, 0.3) is 0 Å².